The molecule has 116 valence electrons. The second-order valence-electron chi connectivity index (χ2n) is 6.16. The summed E-state index contributed by atoms with van der Waals surface area (Å²) in [4.78, 5) is 4.47. The third-order valence-corrected chi connectivity index (χ3v) is 4.83. The van der Waals surface area contributed by atoms with Crippen molar-refractivity contribution in [1.29, 1.82) is 5.26 Å². The van der Waals surface area contributed by atoms with E-state index in [-0.39, 0.29) is 12.4 Å². The normalized spacial score (nSPS) is 37.3. The predicted octanol–water partition coefficient (Wildman–Crippen LogP) is 2.30. The summed E-state index contributed by atoms with van der Waals surface area (Å²) in [6.07, 6.45) is -0.411. The maximum Gasteiger partial charge on any atom is 0.128 e. The van der Waals surface area contributed by atoms with Gasteiger partial charge in [-0.05, 0) is 19.4 Å². The van der Waals surface area contributed by atoms with Gasteiger partial charge in [0.15, 0.2) is 0 Å². The number of hydrogen-bond donors (Lipinski definition) is 1. The van der Waals surface area contributed by atoms with Crippen molar-refractivity contribution >= 4 is 5.84 Å². The van der Waals surface area contributed by atoms with Crippen LogP contribution in [0.3, 0.4) is 0 Å². The molecule has 0 unspecified atom stereocenters. The van der Waals surface area contributed by atoms with Crippen molar-refractivity contribution in [3.8, 4) is 6.07 Å². The highest BCUT2D eigenvalue weighted by atomic mass is 19.1. The molecular weight excluding hydrogens is 288 g/mol. The highest BCUT2D eigenvalue weighted by Gasteiger charge is 2.58. The number of hydrogen-bond acceptors (Lipinski definition) is 4. The second-order valence-corrected chi connectivity index (χ2v) is 6.16. The quantitative estimate of drug-likeness (QED) is 0.911. The molecule has 2 aliphatic rings. The van der Waals surface area contributed by atoms with E-state index < -0.39 is 35.5 Å². The molecule has 2 heterocycles. The smallest absolute Gasteiger partial charge is 0.128 e. The molecule has 0 aliphatic carbocycles. The molecule has 1 saturated heterocycles. The molecular formula is C16H17F2N3O. The molecule has 1 aromatic rings. The van der Waals surface area contributed by atoms with Gasteiger partial charge in [-0.2, -0.15) is 5.26 Å². The van der Waals surface area contributed by atoms with Gasteiger partial charge in [0.1, 0.15) is 29.3 Å². The van der Waals surface area contributed by atoms with Gasteiger partial charge in [-0.25, -0.2) is 8.78 Å². The molecule has 22 heavy (non-hydrogen) atoms. The zero-order chi connectivity index (χ0) is 16.0. The molecule has 0 spiro atoms. The van der Waals surface area contributed by atoms with E-state index in [0.29, 0.717) is 12.0 Å². The van der Waals surface area contributed by atoms with Crippen LogP contribution < -0.4 is 5.73 Å². The summed E-state index contributed by atoms with van der Waals surface area (Å²) in [6.45, 7) is 1.04. The van der Waals surface area contributed by atoms with E-state index in [4.69, 9.17) is 10.5 Å². The first-order valence-corrected chi connectivity index (χ1v) is 7.16. The largest absolute Gasteiger partial charge is 0.386 e. The van der Waals surface area contributed by atoms with E-state index in [2.05, 4.69) is 11.1 Å². The van der Waals surface area contributed by atoms with Gasteiger partial charge in [-0.15, -0.1) is 0 Å². The minimum Gasteiger partial charge on any atom is -0.386 e. The second kappa shape index (κ2) is 5.03. The Morgan fingerprint density at radius 3 is 2.86 bits per heavy atom. The van der Waals surface area contributed by atoms with Gasteiger partial charge in [0.2, 0.25) is 0 Å². The summed E-state index contributed by atoms with van der Waals surface area (Å²) in [7, 11) is 0. The van der Waals surface area contributed by atoms with Gasteiger partial charge in [-0.1, -0.05) is 18.2 Å². The van der Waals surface area contributed by atoms with Crippen LogP contribution >= 0.6 is 0 Å². The van der Waals surface area contributed by atoms with Gasteiger partial charge in [0.05, 0.1) is 18.8 Å². The minimum atomic E-state index is -1.05. The lowest BCUT2D eigenvalue weighted by Gasteiger charge is -2.41. The van der Waals surface area contributed by atoms with Crippen LogP contribution in [0.2, 0.25) is 0 Å². The average Bonchev–Trinajstić information content (AvgIpc) is 2.86. The number of nitrogens with zero attached hydrogens (tertiary/aromatic N) is 2. The molecule has 1 aromatic carbocycles. The number of ether oxygens (including phenoxy) is 1. The van der Waals surface area contributed by atoms with E-state index in [0.717, 1.165) is 0 Å². The fourth-order valence-electron chi connectivity index (χ4n) is 3.47. The molecule has 0 amide bonds. The molecule has 0 radical (unpaired) electrons. The first kappa shape index (κ1) is 14.9. The maximum absolute atomic E-state index is 14.3. The third-order valence-electron chi connectivity index (χ3n) is 4.83. The number of nitrogens with two attached hydrogens (primary N) is 1. The van der Waals surface area contributed by atoms with Crippen molar-refractivity contribution in [1.82, 2.24) is 0 Å². The lowest BCUT2D eigenvalue weighted by Crippen LogP contribution is -2.50. The van der Waals surface area contributed by atoms with Crippen LogP contribution in [0.25, 0.3) is 0 Å². The van der Waals surface area contributed by atoms with Crippen molar-refractivity contribution in [2.24, 2.45) is 22.1 Å². The van der Waals surface area contributed by atoms with Crippen molar-refractivity contribution in [3.63, 3.8) is 0 Å². The lowest BCUT2D eigenvalue weighted by molar-refractivity contribution is 0.0632. The Hall–Kier alpha value is -2.00. The Morgan fingerprint density at radius 1 is 1.50 bits per heavy atom. The summed E-state index contributed by atoms with van der Waals surface area (Å²) in [5, 5.41) is 9.39. The SMILES string of the molecule is C[C@]1(C#N)C[C@@H]2[C@@H](CF)OC[C@]2(c2ccccc2F)N=C1N. The molecule has 4 nitrogen and oxygen atoms in total. The van der Waals surface area contributed by atoms with Crippen LogP contribution in [0.15, 0.2) is 29.3 Å². The minimum absolute atomic E-state index is 0.0649. The summed E-state index contributed by atoms with van der Waals surface area (Å²) in [6, 6.07) is 8.40. The van der Waals surface area contributed by atoms with Gasteiger partial charge >= 0.3 is 0 Å². The van der Waals surface area contributed by atoms with Gasteiger partial charge in [0.25, 0.3) is 0 Å². The first-order chi connectivity index (χ1) is 10.5. The standard InChI is InChI=1S/C16H17F2N3O/c1-15(8-19)6-11-13(7-17)22-9-16(11,21-14(15)20)10-4-2-3-5-12(10)18/h2-5,11,13H,6-7,9H2,1H3,(H2,20,21)/t11-,13-,15-,16-/m1/s1. The fourth-order valence-corrected chi connectivity index (χ4v) is 3.47. The molecule has 0 saturated carbocycles. The Kier molecular flexibility index (Phi) is 3.41. The van der Waals surface area contributed by atoms with E-state index >= 15 is 0 Å². The summed E-state index contributed by atoms with van der Waals surface area (Å²) >= 11 is 0. The van der Waals surface area contributed by atoms with Crippen LogP contribution in [0, 0.1) is 28.5 Å². The monoisotopic (exact) mass is 305 g/mol. The van der Waals surface area contributed by atoms with Gasteiger partial charge in [-0.3, -0.25) is 4.99 Å². The number of fused-ring (bicyclic) bond motifs is 1. The Bertz CT molecular complexity index is 672. The number of nitriles is 1. The zero-order valence-electron chi connectivity index (χ0n) is 12.2. The van der Waals surface area contributed by atoms with E-state index in [1.54, 1.807) is 25.1 Å². The van der Waals surface area contributed by atoms with E-state index in [9.17, 15) is 14.0 Å². The summed E-state index contributed by atoms with van der Waals surface area (Å²) in [5.41, 5.74) is 4.30. The lowest BCUT2D eigenvalue weighted by atomic mass is 9.67. The molecule has 4 atom stereocenters. The van der Waals surface area contributed by atoms with Crippen LogP contribution in [-0.4, -0.2) is 25.2 Å². The number of aliphatic imine (C=N–C) groups is 1. The number of benzene rings is 1. The predicted molar refractivity (Wildman–Crippen MR) is 77.2 cm³/mol. The highest BCUT2D eigenvalue weighted by Crippen LogP contribution is 2.51. The van der Waals surface area contributed by atoms with Crippen molar-refractivity contribution < 1.29 is 13.5 Å². The Labute approximate surface area is 127 Å². The first-order valence-electron chi connectivity index (χ1n) is 7.16. The van der Waals surface area contributed by atoms with Crippen molar-refractivity contribution in [3.05, 3.63) is 35.6 Å². The molecule has 6 heteroatoms. The topological polar surface area (TPSA) is 71.4 Å². The molecule has 3 rings (SSSR count). The Balaban J connectivity index is 2.19. The number of amidine groups is 1. The van der Waals surface area contributed by atoms with Crippen molar-refractivity contribution in [2.45, 2.75) is 25.0 Å². The van der Waals surface area contributed by atoms with Crippen LogP contribution in [-0.2, 0) is 10.3 Å². The number of halogens is 2. The highest BCUT2D eigenvalue weighted by molar-refractivity contribution is 5.90. The van der Waals surface area contributed by atoms with Crippen LogP contribution in [0.5, 0.6) is 0 Å². The summed E-state index contributed by atoms with van der Waals surface area (Å²) in [5.74, 6) is -0.698. The molecule has 2 aliphatic heterocycles. The maximum atomic E-state index is 14.3. The summed E-state index contributed by atoms with van der Waals surface area (Å²) < 4.78 is 33.2. The number of alkyl halides is 1. The van der Waals surface area contributed by atoms with Gasteiger partial charge < -0.3 is 10.5 Å². The van der Waals surface area contributed by atoms with Crippen LogP contribution in [0.4, 0.5) is 8.78 Å². The fraction of sp³-hybridized carbons (Fsp3) is 0.500. The number of rotatable bonds is 2. The molecule has 2 N–H and O–H groups in total. The van der Waals surface area contributed by atoms with Gasteiger partial charge in [0, 0.05) is 11.5 Å². The molecule has 1 fully saturated rings. The Morgan fingerprint density at radius 2 is 2.23 bits per heavy atom. The van der Waals surface area contributed by atoms with Crippen molar-refractivity contribution in [2.75, 3.05) is 13.3 Å². The zero-order valence-corrected chi connectivity index (χ0v) is 12.2. The van der Waals surface area contributed by atoms with E-state index in [1.165, 1.54) is 6.07 Å². The molecule has 0 aromatic heterocycles. The average molecular weight is 305 g/mol. The van der Waals surface area contributed by atoms with E-state index in [1.807, 2.05) is 0 Å². The third kappa shape index (κ3) is 1.92. The molecule has 0 bridgehead atoms. The van der Waals surface area contributed by atoms with Crippen LogP contribution in [0.1, 0.15) is 18.9 Å².